The van der Waals surface area contributed by atoms with Gasteiger partial charge in [0.15, 0.2) is 9.84 Å². The van der Waals surface area contributed by atoms with Crippen LogP contribution in [0.25, 0.3) is 0 Å². The predicted molar refractivity (Wildman–Crippen MR) is 77.3 cm³/mol. The average Bonchev–Trinajstić information content (AvgIpc) is 2.65. The molecule has 0 bridgehead atoms. The van der Waals surface area contributed by atoms with E-state index in [0.717, 1.165) is 6.42 Å². The van der Waals surface area contributed by atoms with E-state index in [2.05, 4.69) is 21.2 Å². The minimum atomic E-state index is -2.95. The van der Waals surface area contributed by atoms with Gasteiger partial charge in [-0.25, -0.2) is 12.8 Å². The highest BCUT2D eigenvalue weighted by Crippen LogP contribution is 2.23. The number of benzene rings is 1. The lowest BCUT2D eigenvalue weighted by molar-refractivity contribution is 0.513. The van der Waals surface area contributed by atoms with Crippen LogP contribution in [-0.2, 0) is 9.84 Å². The van der Waals surface area contributed by atoms with Crippen molar-refractivity contribution in [3.05, 3.63) is 34.1 Å². The molecule has 1 heterocycles. The van der Waals surface area contributed by atoms with Crippen molar-refractivity contribution in [3.8, 4) is 0 Å². The average molecular weight is 350 g/mol. The number of sulfone groups is 1. The van der Waals surface area contributed by atoms with Crippen LogP contribution >= 0.6 is 15.9 Å². The van der Waals surface area contributed by atoms with Gasteiger partial charge in [0, 0.05) is 22.6 Å². The molecule has 19 heavy (non-hydrogen) atoms. The van der Waals surface area contributed by atoms with Gasteiger partial charge in [0.05, 0.1) is 11.0 Å². The second kappa shape index (κ2) is 5.89. The van der Waals surface area contributed by atoms with E-state index >= 15 is 0 Å². The van der Waals surface area contributed by atoms with Crippen molar-refractivity contribution in [2.24, 2.45) is 0 Å². The Morgan fingerprint density at radius 2 is 2.26 bits per heavy atom. The Labute approximate surface area is 121 Å². The molecule has 0 spiro atoms. The second-order valence-electron chi connectivity index (χ2n) is 4.93. The summed E-state index contributed by atoms with van der Waals surface area (Å²) in [5.41, 5.74) is 0.554. The SMILES string of the molecule is CC(NCC1CCCS1(=O)=O)c1ccc(Br)cc1F. The molecule has 1 aromatic carbocycles. The Hall–Kier alpha value is -0.460. The smallest absolute Gasteiger partial charge is 0.154 e. The largest absolute Gasteiger partial charge is 0.309 e. The summed E-state index contributed by atoms with van der Waals surface area (Å²) < 4.78 is 37.9. The summed E-state index contributed by atoms with van der Waals surface area (Å²) in [6, 6.07) is 4.70. The fourth-order valence-electron chi connectivity index (χ4n) is 2.36. The molecule has 2 unspecified atom stereocenters. The van der Waals surface area contributed by atoms with Crippen molar-refractivity contribution in [2.45, 2.75) is 31.1 Å². The Bertz CT molecular complexity index is 562. The third-order valence-electron chi connectivity index (χ3n) is 3.54. The fraction of sp³-hybridized carbons (Fsp3) is 0.538. The molecule has 1 saturated heterocycles. The first-order chi connectivity index (χ1) is 8.90. The molecular formula is C13H17BrFNO2S. The fourth-order valence-corrected chi connectivity index (χ4v) is 4.47. The lowest BCUT2D eigenvalue weighted by atomic mass is 10.1. The first kappa shape index (κ1) is 14.9. The maximum absolute atomic E-state index is 13.8. The molecule has 106 valence electrons. The highest BCUT2D eigenvalue weighted by atomic mass is 79.9. The molecule has 3 nitrogen and oxygen atoms in total. The van der Waals surface area contributed by atoms with E-state index in [1.54, 1.807) is 12.1 Å². The number of rotatable bonds is 4. The minimum Gasteiger partial charge on any atom is -0.309 e. The number of hydrogen-bond acceptors (Lipinski definition) is 3. The summed E-state index contributed by atoms with van der Waals surface area (Å²) in [5, 5.41) is 2.80. The quantitative estimate of drug-likeness (QED) is 0.908. The van der Waals surface area contributed by atoms with Gasteiger partial charge in [-0.2, -0.15) is 0 Å². The van der Waals surface area contributed by atoms with Crippen molar-refractivity contribution in [1.29, 1.82) is 0 Å². The van der Waals surface area contributed by atoms with Crippen LogP contribution in [0, 0.1) is 5.82 Å². The maximum Gasteiger partial charge on any atom is 0.154 e. The van der Waals surface area contributed by atoms with Crippen molar-refractivity contribution >= 4 is 25.8 Å². The lowest BCUT2D eigenvalue weighted by Crippen LogP contribution is -2.32. The van der Waals surface area contributed by atoms with Gasteiger partial charge in [-0.3, -0.25) is 0 Å². The van der Waals surface area contributed by atoms with E-state index in [1.165, 1.54) is 6.07 Å². The molecule has 6 heteroatoms. The van der Waals surface area contributed by atoms with Crippen LogP contribution in [0.3, 0.4) is 0 Å². The van der Waals surface area contributed by atoms with E-state index in [4.69, 9.17) is 0 Å². The summed E-state index contributed by atoms with van der Waals surface area (Å²) in [7, 11) is -2.95. The topological polar surface area (TPSA) is 46.2 Å². The molecule has 1 fully saturated rings. The lowest BCUT2D eigenvalue weighted by Gasteiger charge is -2.18. The van der Waals surface area contributed by atoms with Gasteiger partial charge in [0.25, 0.3) is 0 Å². The molecule has 0 aromatic heterocycles. The zero-order valence-electron chi connectivity index (χ0n) is 10.7. The van der Waals surface area contributed by atoms with E-state index in [9.17, 15) is 12.8 Å². The van der Waals surface area contributed by atoms with Gasteiger partial charge in [0.1, 0.15) is 5.82 Å². The van der Waals surface area contributed by atoms with Gasteiger partial charge >= 0.3 is 0 Å². The number of hydrogen-bond donors (Lipinski definition) is 1. The van der Waals surface area contributed by atoms with E-state index in [1.807, 2.05) is 6.92 Å². The van der Waals surface area contributed by atoms with Gasteiger partial charge in [0.2, 0.25) is 0 Å². The van der Waals surface area contributed by atoms with Crippen LogP contribution in [0.4, 0.5) is 4.39 Å². The van der Waals surface area contributed by atoms with E-state index in [-0.39, 0.29) is 22.9 Å². The molecule has 2 atom stereocenters. The van der Waals surface area contributed by atoms with E-state index < -0.39 is 9.84 Å². The summed E-state index contributed by atoms with van der Waals surface area (Å²) in [6.07, 6.45) is 1.43. The van der Waals surface area contributed by atoms with Crippen LogP contribution < -0.4 is 5.32 Å². The zero-order chi connectivity index (χ0) is 14.0. The highest BCUT2D eigenvalue weighted by Gasteiger charge is 2.31. The van der Waals surface area contributed by atoms with E-state index in [0.29, 0.717) is 23.0 Å². The predicted octanol–water partition coefficient (Wildman–Crippen LogP) is 2.82. The molecule has 0 aliphatic carbocycles. The number of halogens is 2. The molecule has 1 aliphatic heterocycles. The molecule has 0 amide bonds. The molecular weight excluding hydrogens is 333 g/mol. The zero-order valence-corrected chi connectivity index (χ0v) is 13.1. The third-order valence-corrected chi connectivity index (χ3v) is 6.31. The Morgan fingerprint density at radius 1 is 1.53 bits per heavy atom. The Morgan fingerprint density at radius 3 is 2.84 bits per heavy atom. The highest BCUT2D eigenvalue weighted by molar-refractivity contribution is 9.10. The first-order valence-corrected chi connectivity index (χ1v) is 8.81. The molecule has 1 aromatic rings. The van der Waals surface area contributed by atoms with Crippen LogP contribution in [0.1, 0.15) is 31.4 Å². The van der Waals surface area contributed by atoms with Gasteiger partial charge in [-0.05, 0) is 31.9 Å². The van der Waals surface area contributed by atoms with Crippen LogP contribution in [0.15, 0.2) is 22.7 Å². The third kappa shape index (κ3) is 3.55. The first-order valence-electron chi connectivity index (χ1n) is 6.30. The molecule has 2 rings (SSSR count). The second-order valence-corrected chi connectivity index (χ2v) is 8.24. The normalized spacial score (nSPS) is 23.4. The summed E-state index contributed by atoms with van der Waals surface area (Å²) in [6.45, 7) is 2.23. The maximum atomic E-state index is 13.8. The molecule has 0 radical (unpaired) electrons. The van der Waals surface area contributed by atoms with Crippen molar-refractivity contribution < 1.29 is 12.8 Å². The summed E-state index contributed by atoms with van der Waals surface area (Å²) in [4.78, 5) is 0. The standard InChI is InChI=1S/C13H17BrFNO2S/c1-9(12-5-4-10(14)7-13(12)15)16-8-11-3-2-6-19(11,17)18/h4-5,7,9,11,16H,2-3,6,8H2,1H3. The summed E-state index contributed by atoms with van der Waals surface area (Å²) >= 11 is 3.21. The van der Waals surface area contributed by atoms with Crippen LogP contribution in [0.2, 0.25) is 0 Å². The van der Waals surface area contributed by atoms with Crippen LogP contribution in [0.5, 0.6) is 0 Å². The minimum absolute atomic E-state index is 0.205. The Kier molecular flexibility index (Phi) is 4.63. The van der Waals surface area contributed by atoms with Crippen molar-refractivity contribution in [1.82, 2.24) is 5.32 Å². The van der Waals surface area contributed by atoms with Crippen molar-refractivity contribution in [3.63, 3.8) is 0 Å². The molecule has 1 N–H and O–H groups in total. The van der Waals surface area contributed by atoms with Crippen LogP contribution in [-0.4, -0.2) is 26.0 Å². The van der Waals surface area contributed by atoms with Gasteiger partial charge < -0.3 is 5.32 Å². The Balaban J connectivity index is 2.00. The van der Waals surface area contributed by atoms with Gasteiger partial charge in [-0.1, -0.05) is 22.0 Å². The number of nitrogens with one attached hydrogen (secondary N) is 1. The monoisotopic (exact) mass is 349 g/mol. The van der Waals surface area contributed by atoms with Gasteiger partial charge in [-0.15, -0.1) is 0 Å². The summed E-state index contributed by atoms with van der Waals surface area (Å²) in [5.74, 6) is -0.0101. The molecule has 0 saturated carbocycles. The van der Waals surface area contributed by atoms with Crippen molar-refractivity contribution in [2.75, 3.05) is 12.3 Å². The molecule has 1 aliphatic rings.